The number of benzene rings is 1. The first-order valence-electron chi connectivity index (χ1n) is 25.5. The van der Waals surface area contributed by atoms with Gasteiger partial charge in [0, 0.05) is 45.6 Å². The third-order valence-electron chi connectivity index (χ3n) is 18.0. The summed E-state index contributed by atoms with van der Waals surface area (Å²) in [7, 11) is 0. The zero-order valence-corrected chi connectivity index (χ0v) is 37.0. The van der Waals surface area contributed by atoms with Gasteiger partial charge in [0.15, 0.2) is 0 Å². The zero-order valence-electron chi connectivity index (χ0n) is 37.0. The number of para-hydroxylation sites is 1. The van der Waals surface area contributed by atoms with Crippen molar-refractivity contribution in [3.8, 4) is 0 Å². The lowest BCUT2D eigenvalue weighted by Gasteiger charge is -2.47. The van der Waals surface area contributed by atoms with Crippen LogP contribution in [-0.2, 0) is 4.74 Å². The highest BCUT2D eigenvalue weighted by atomic mass is 16.5. The maximum absolute atomic E-state index is 7.09. The molecule has 62 heavy (non-hydrogen) atoms. The van der Waals surface area contributed by atoms with E-state index in [9.17, 15) is 0 Å². The van der Waals surface area contributed by atoms with Crippen molar-refractivity contribution in [3.63, 3.8) is 0 Å². The minimum Gasteiger partial charge on any atom is -0.491 e. The van der Waals surface area contributed by atoms with Crippen molar-refractivity contribution in [3.05, 3.63) is 171 Å². The lowest BCUT2D eigenvalue weighted by atomic mass is 9.59. The molecule has 1 heterocycles. The van der Waals surface area contributed by atoms with E-state index in [0.29, 0.717) is 35.6 Å². The van der Waals surface area contributed by atoms with Crippen LogP contribution < -0.4 is 4.90 Å². The van der Waals surface area contributed by atoms with Crippen LogP contribution in [-0.4, -0.2) is 23.1 Å². The molecule has 0 N–H and O–H groups in total. The first kappa shape index (κ1) is 38.0. The van der Waals surface area contributed by atoms with Crippen molar-refractivity contribution in [1.29, 1.82) is 0 Å². The molecule has 12 aliphatic rings. The molecule has 0 saturated heterocycles. The number of anilines is 1. The van der Waals surface area contributed by atoms with Gasteiger partial charge in [0.05, 0.1) is 12.1 Å². The Morgan fingerprint density at radius 2 is 1.52 bits per heavy atom. The lowest BCUT2D eigenvalue weighted by molar-refractivity contribution is 0.103. The van der Waals surface area contributed by atoms with Crippen molar-refractivity contribution >= 4 is 5.69 Å². The van der Waals surface area contributed by atoms with E-state index in [1.54, 1.807) is 39.3 Å². The van der Waals surface area contributed by atoms with Gasteiger partial charge in [-0.25, -0.2) is 0 Å². The Kier molecular flexibility index (Phi) is 9.40. The molecule has 0 radical (unpaired) electrons. The molecule has 1 aromatic carbocycles. The number of nitrogens with zero attached hydrogens (tertiary/aromatic N) is 2. The quantitative estimate of drug-likeness (QED) is 0.266. The lowest BCUT2D eigenvalue weighted by Crippen LogP contribution is -2.42. The summed E-state index contributed by atoms with van der Waals surface area (Å²) >= 11 is 0. The Hall–Kier alpha value is -4.50. The molecule has 2 saturated carbocycles. The SMILES string of the molecule is C1=CC2CCCCC2C(N(C2=CCCCC2)C2CC=CC3=C2C2=C(CCC=C2)C32C3=C(CCC(N(c4ccccc4)C4CC=CC5=C4OC4CCC=CC54)=C3)C3CCCCC32)=C1. The molecule has 13 rings (SSSR count). The first-order chi connectivity index (χ1) is 30.8. The summed E-state index contributed by atoms with van der Waals surface area (Å²) in [5.41, 5.74) is 17.8. The van der Waals surface area contributed by atoms with Crippen molar-refractivity contribution in [2.24, 2.45) is 35.0 Å². The van der Waals surface area contributed by atoms with Crippen LogP contribution in [0.1, 0.15) is 128 Å². The van der Waals surface area contributed by atoms with Gasteiger partial charge in [-0.2, -0.15) is 0 Å². The maximum Gasteiger partial charge on any atom is 0.123 e. The molecule has 1 aliphatic heterocycles. The fourth-order valence-electron chi connectivity index (χ4n) is 15.7. The molecule has 3 heteroatoms. The highest BCUT2D eigenvalue weighted by molar-refractivity contribution is 5.74. The van der Waals surface area contributed by atoms with Crippen LogP contribution in [0, 0.1) is 35.0 Å². The Balaban J connectivity index is 0.984. The van der Waals surface area contributed by atoms with Gasteiger partial charge in [-0.15, -0.1) is 0 Å². The Morgan fingerprint density at radius 1 is 0.645 bits per heavy atom. The monoisotopic (exact) mass is 819 g/mol. The topological polar surface area (TPSA) is 15.7 Å². The second-order valence-corrected chi connectivity index (χ2v) is 20.9. The first-order valence-corrected chi connectivity index (χ1v) is 25.5. The van der Waals surface area contributed by atoms with Gasteiger partial charge in [0.2, 0.25) is 0 Å². The van der Waals surface area contributed by atoms with E-state index in [4.69, 9.17) is 4.74 Å². The van der Waals surface area contributed by atoms with Crippen molar-refractivity contribution < 1.29 is 4.74 Å². The third kappa shape index (κ3) is 5.67. The van der Waals surface area contributed by atoms with Crippen LogP contribution in [0.5, 0.6) is 0 Å². The number of ether oxygens (including phenoxy) is 1. The molecule has 9 atom stereocenters. The second kappa shape index (κ2) is 15.3. The fraction of sp³-hybridized carbons (Fsp3) is 0.492. The van der Waals surface area contributed by atoms with Crippen molar-refractivity contribution in [2.45, 2.75) is 147 Å². The molecule has 2 fully saturated rings. The van der Waals surface area contributed by atoms with E-state index < -0.39 is 0 Å². The van der Waals surface area contributed by atoms with Gasteiger partial charge in [0.25, 0.3) is 0 Å². The molecule has 9 unspecified atom stereocenters. The zero-order chi connectivity index (χ0) is 40.8. The second-order valence-electron chi connectivity index (χ2n) is 20.9. The van der Waals surface area contributed by atoms with E-state index in [2.05, 4.69) is 119 Å². The predicted molar refractivity (Wildman–Crippen MR) is 253 cm³/mol. The highest BCUT2D eigenvalue weighted by Gasteiger charge is 2.61. The van der Waals surface area contributed by atoms with Gasteiger partial charge in [-0.05, 0) is 173 Å². The minimum absolute atomic E-state index is 0.0413. The molecular weight excluding hydrogens is 753 g/mol. The number of allylic oxidation sites excluding steroid dienone is 17. The normalized spacial score (nSPS) is 36.3. The van der Waals surface area contributed by atoms with E-state index in [-0.39, 0.29) is 17.6 Å². The Bertz CT molecular complexity index is 2420. The van der Waals surface area contributed by atoms with Gasteiger partial charge in [-0.1, -0.05) is 116 Å². The smallest absolute Gasteiger partial charge is 0.123 e. The molecule has 3 nitrogen and oxygen atoms in total. The average molecular weight is 819 g/mol. The largest absolute Gasteiger partial charge is 0.491 e. The van der Waals surface area contributed by atoms with E-state index >= 15 is 0 Å². The summed E-state index contributed by atoms with van der Waals surface area (Å²) in [6.07, 6.45) is 58.5. The van der Waals surface area contributed by atoms with Crippen LogP contribution in [0.3, 0.4) is 0 Å². The summed E-state index contributed by atoms with van der Waals surface area (Å²) in [5.74, 6) is 4.29. The van der Waals surface area contributed by atoms with E-state index in [1.165, 1.54) is 113 Å². The average Bonchev–Trinajstić information content (AvgIpc) is 3.97. The summed E-state index contributed by atoms with van der Waals surface area (Å²) < 4.78 is 7.09. The van der Waals surface area contributed by atoms with Crippen molar-refractivity contribution in [2.75, 3.05) is 4.90 Å². The van der Waals surface area contributed by atoms with Gasteiger partial charge < -0.3 is 14.5 Å². The minimum atomic E-state index is -0.0413. The van der Waals surface area contributed by atoms with Crippen LogP contribution in [0.15, 0.2) is 171 Å². The molecule has 1 aromatic rings. The number of fused-ring (bicyclic) bond motifs is 10. The summed E-state index contributed by atoms with van der Waals surface area (Å²) in [6.45, 7) is 0. The van der Waals surface area contributed by atoms with E-state index in [1.807, 2.05) is 5.57 Å². The number of hydrogen-bond acceptors (Lipinski definition) is 3. The van der Waals surface area contributed by atoms with Crippen LogP contribution in [0.2, 0.25) is 0 Å². The molecule has 0 bridgehead atoms. The van der Waals surface area contributed by atoms with Gasteiger partial charge >= 0.3 is 0 Å². The summed E-state index contributed by atoms with van der Waals surface area (Å²) in [5, 5.41) is 0. The standard InChI is InChI=1S/C59H66N2O/c1-3-20-40(21-4-1)60(55-34-16-28-47-46-26-11-14-35-56(46)62-58(47)55)42-36-37-45-44-25-9-12-29-49(44)59(52(45)38-42)50-30-13-10-27-48(50)57-51(59)31-17-33-54(57)61(41-22-5-2-6-23-41)53-32-15-19-39-18-7-8-24-43(39)53/h1,3-4,10-11,15-17,19-22,26-28,31-32,38-39,43-44,46,49,54-56H,2,5-9,12-14,18,23-25,29-30,33-37H2. The van der Waals surface area contributed by atoms with Crippen LogP contribution >= 0.6 is 0 Å². The third-order valence-corrected chi connectivity index (χ3v) is 18.0. The molecular formula is C59H66N2O. The summed E-state index contributed by atoms with van der Waals surface area (Å²) in [6, 6.07) is 12.0. The molecule has 0 aromatic heterocycles. The van der Waals surface area contributed by atoms with Gasteiger partial charge in [0.1, 0.15) is 11.9 Å². The Morgan fingerprint density at radius 3 is 2.44 bits per heavy atom. The molecule has 11 aliphatic carbocycles. The maximum atomic E-state index is 7.09. The highest BCUT2D eigenvalue weighted by Crippen LogP contribution is 2.71. The molecule has 1 spiro atoms. The Labute approximate surface area is 371 Å². The van der Waals surface area contributed by atoms with Crippen LogP contribution in [0.25, 0.3) is 0 Å². The molecule has 318 valence electrons. The fourth-order valence-corrected chi connectivity index (χ4v) is 15.7. The van der Waals surface area contributed by atoms with E-state index in [0.717, 1.165) is 38.5 Å². The number of rotatable bonds is 6. The number of hydrogen-bond donors (Lipinski definition) is 0. The van der Waals surface area contributed by atoms with Crippen LogP contribution in [0.4, 0.5) is 5.69 Å². The van der Waals surface area contributed by atoms with Gasteiger partial charge in [-0.3, -0.25) is 0 Å². The predicted octanol–water partition coefficient (Wildman–Crippen LogP) is 14.5. The molecule has 0 amide bonds. The van der Waals surface area contributed by atoms with Crippen molar-refractivity contribution in [1.82, 2.24) is 4.90 Å². The summed E-state index contributed by atoms with van der Waals surface area (Å²) in [4.78, 5) is 5.76.